The van der Waals surface area contributed by atoms with Gasteiger partial charge in [0.15, 0.2) is 0 Å². The Morgan fingerprint density at radius 2 is 2.33 bits per heavy atom. The molecule has 5 heteroatoms. The molecule has 0 bridgehead atoms. The SMILES string of the molecule is CCc1ccsc1CNCc1cnn(CCO)c1. The number of aryl methyl sites for hydroxylation is 1. The van der Waals surface area contributed by atoms with Gasteiger partial charge >= 0.3 is 0 Å². The molecule has 0 spiro atoms. The number of aliphatic hydroxyl groups excluding tert-OH is 1. The van der Waals surface area contributed by atoms with Gasteiger partial charge in [-0.05, 0) is 23.4 Å². The van der Waals surface area contributed by atoms with Gasteiger partial charge in [-0.15, -0.1) is 11.3 Å². The highest BCUT2D eigenvalue weighted by molar-refractivity contribution is 7.10. The monoisotopic (exact) mass is 265 g/mol. The van der Waals surface area contributed by atoms with E-state index in [2.05, 4.69) is 28.8 Å². The maximum Gasteiger partial charge on any atom is 0.0640 e. The normalized spacial score (nSPS) is 11.0. The molecule has 0 amide bonds. The van der Waals surface area contributed by atoms with E-state index in [0.29, 0.717) is 6.54 Å². The molecule has 0 radical (unpaired) electrons. The number of rotatable bonds is 7. The van der Waals surface area contributed by atoms with Crippen molar-refractivity contribution in [2.75, 3.05) is 6.61 Å². The Balaban J connectivity index is 1.81. The van der Waals surface area contributed by atoms with Crippen molar-refractivity contribution in [1.82, 2.24) is 15.1 Å². The average molecular weight is 265 g/mol. The van der Waals surface area contributed by atoms with E-state index in [-0.39, 0.29) is 6.61 Å². The predicted octanol–water partition coefficient (Wildman–Crippen LogP) is 1.79. The minimum Gasteiger partial charge on any atom is -0.394 e. The molecule has 0 saturated heterocycles. The van der Waals surface area contributed by atoms with Crippen LogP contribution in [0.2, 0.25) is 0 Å². The zero-order valence-electron chi connectivity index (χ0n) is 10.6. The van der Waals surface area contributed by atoms with Crippen LogP contribution in [0.3, 0.4) is 0 Å². The van der Waals surface area contributed by atoms with Crippen molar-refractivity contribution < 1.29 is 5.11 Å². The standard InChI is InChI=1S/C13H19N3OS/c1-2-12-3-6-18-13(12)9-14-7-11-8-15-16(10-11)4-5-17/h3,6,8,10,14,17H,2,4-5,7,9H2,1H3. The number of thiophene rings is 1. The van der Waals surface area contributed by atoms with Gasteiger partial charge in [0.2, 0.25) is 0 Å². The summed E-state index contributed by atoms with van der Waals surface area (Å²) in [5.41, 5.74) is 2.58. The molecule has 2 rings (SSSR count). The number of aromatic nitrogens is 2. The minimum atomic E-state index is 0.129. The van der Waals surface area contributed by atoms with Crippen molar-refractivity contribution in [2.24, 2.45) is 0 Å². The first kappa shape index (κ1) is 13.3. The Morgan fingerprint density at radius 3 is 3.11 bits per heavy atom. The lowest BCUT2D eigenvalue weighted by Gasteiger charge is -2.03. The summed E-state index contributed by atoms with van der Waals surface area (Å²) in [6.45, 7) is 4.59. The van der Waals surface area contributed by atoms with Gasteiger partial charge < -0.3 is 10.4 Å². The summed E-state index contributed by atoms with van der Waals surface area (Å²) in [5.74, 6) is 0. The smallest absolute Gasteiger partial charge is 0.0640 e. The summed E-state index contributed by atoms with van der Waals surface area (Å²) in [6.07, 6.45) is 4.91. The molecule has 0 saturated carbocycles. The zero-order chi connectivity index (χ0) is 12.8. The van der Waals surface area contributed by atoms with E-state index in [1.54, 1.807) is 16.0 Å². The Hall–Kier alpha value is -1.17. The summed E-state index contributed by atoms with van der Waals surface area (Å²) in [6, 6.07) is 2.20. The molecule has 18 heavy (non-hydrogen) atoms. The van der Waals surface area contributed by atoms with Crippen LogP contribution in [0.5, 0.6) is 0 Å². The lowest BCUT2D eigenvalue weighted by molar-refractivity contribution is 0.269. The molecule has 2 heterocycles. The van der Waals surface area contributed by atoms with E-state index in [0.717, 1.165) is 25.1 Å². The number of hydrogen-bond donors (Lipinski definition) is 2. The quantitative estimate of drug-likeness (QED) is 0.802. The molecule has 0 unspecified atom stereocenters. The van der Waals surface area contributed by atoms with Gasteiger partial charge in [0.1, 0.15) is 0 Å². The van der Waals surface area contributed by atoms with Crippen LogP contribution in [0.15, 0.2) is 23.8 Å². The van der Waals surface area contributed by atoms with Crippen LogP contribution in [0.25, 0.3) is 0 Å². The summed E-state index contributed by atoms with van der Waals surface area (Å²) in [4.78, 5) is 1.42. The summed E-state index contributed by atoms with van der Waals surface area (Å²) < 4.78 is 1.76. The van der Waals surface area contributed by atoms with E-state index < -0.39 is 0 Å². The van der Waals surface area contributed by atoms with Crippen molar-refractivity contribution in [3.8, 4) is 0 Å². The van der Waals surface area contributed by atoms with Crippen molar-refractivity contribution in [3.05, 3.63) is 39.8 Å². The van der Waals surface area contributed by atoms with E-state index in [4.69, 9.17) is 5.11 Å². The van der Waals surface area contributed by atoms with Gasteiger partial charge in [0.25, 0.3) is 0 Å². The molecular weight excluding hydrogens is 246 g/mol. The Morgan fingerprint density at radius 1 is 1.44 bits per heavy atom. The first-order chi connectivity index (χ1) is 8.83. The molecule has 0 aliphatic rings. The number of hydrogen-bond acceptors (Lipinski definition) is 4. The van der Waals surface area contributed by atoms with Crippen LogP contribution < -0.4 is 5.32 Å². The lowest BCUT2D eigenvalue weighted by atomic mass is 10.2. The number of nitrogens with one attached hydrogen (secondary N) is 1. The third-order valence-electron chi connectivity index (χ3n) is 2.85. The van der Waals surface area contributed by atoms with Gasteiger partial charge in [0.05, 0.1) is 19.3 Å². The zero-order valence-corrected chi connectivity index (χ0v) is 11.4. The van der Waals surface area contributed by atoms with Gasteiger partial charge in [-0.2, -0.15) is 5.10 Å². The Kier molecular flexibility index (Phi) is 4.92. The second kappa shape index (κ2) is 6.68. The molecule has 0 aliphatic carbocycles. The first-order valence-electron chi connectivity index (χ1n) is 6.21. The molecule has 2 N–H and O–H groups in total. The second-order valence-corrected chi connectivity index (χ2v) is 5.16. The summed E-state index contributed by atoms with van der Waals surface area (Å²) in [7, 11) is 0. The lowest BCUT2D eigenvalue weighted by Crippen LogP contribution is -2.12. The third kappa shape index (κ3) is 3.41. The number of nitrogens with zero attached hydrogens (tertiary/aromatic N) is 2. The highest BCUT2D eigenvalue weighted by Gasteiger charge is 2.02. The van der Waals surface area contributed by atoms with Gasteiger partial charge in [-0.1, -0.05) is 6.92 Å². The largest absolute Gasteiger partial charge is 0.394 e. The van der Waals surface area contributed by atoms with E-state index >= 15 is 0 Å². The fraction of sp³-hybridized carbons (Fsp3) is 0.462. The highest BCUT2D eigenvalue weighted by atomic mass is 32.1. The molecule has 0 aromatic carbocycles. The van der Waals surface area contributed by atoms with Gasteiger partial charge in [-0.3, -0.25) is 4.68 Å². The van der Waals surface area contributed by atoms with E-state index in [9.17, 15) is 0 Å². The Labute approximate surface area is 111 Å². The van der Waals surface area contributed by atoms with Crippen LogP contribution >= 0.6 is 11.3 Å². The molecule has 2 aromatic heterocycles. The average Bonchev–Trinajstić information content (AvgIpc) is 2.99. The molecular formula is C13H19N3OS. The summed E-state index contributed by atoms with van der Waals surface area (Å²) >= 11 is 1.81. The molecule has 0 atom stereocenters. The fourth-order valence-electron chi connectivity index (χ4n) is 1.88. The van der Waals surface area contributed by atoms with Crippen molar-refractivity contribution in [3.63, 3.8) is 0 Å². The molecule has 4 nitrogen and oxygen atoms in total. The van der Waals surface area contributed by atoms with E-state index in [1.165, 1.54) is 10.4 Å². The maximum atomic E-state index is 8.81. The van der Waals surface area contributed by atoms with Crippen molar-refractivity contribution >= 4 is 11.3 Å². The van der Waals surface area contributed by atoms with E-state index in [1.807, 2.05) is 12.4 Å². The van der Waals surface area contributed by atoms with Crippen LogP contribution in [0.4, 0.5) is 0 Å². The van der Waals surface area contributed by atoms with Crippen LogP contribution in [0.1, 0.15) is 22.9 Å². The van der Waals surface area contributed by atoms with Crippen LogP contribution in [0, 0.1) is 0 Å². The molecule has 0 fully saturated rings. The second-order valence-electron chi connectivity index (χ2n) is 4.16. The van der Waals surface area contributed by atoms with Crippen LogP contribution in [-0.4, -0.2) is 21.5 Å². The Bertz CT molecular complexity index is 478. The number of aliphatic hydroxyl groups is 1. The molecule has 0 aliphatic heterocycles. The van der Waals surface area contributed by atoms with Crippen LogP contribution in [-0.2, 0) is 26.1 Å². The fourth-order valence-corrected chi connectivity index (χ4v) is 2.83. The molecule has 98 valence electrons. The van der Waals surface area contributed by atoms with Crippen molar-refractivity contribution in [1.29, 1.82) is 0 Å². The summed E-state index contributed by atoms with van der Waals surface area (Å²) in [5, 5.41) is 18.6. The van der Waals surface area contributed by atoms with Gasteiger partial charge in [0, 0.05) is 29.7 Å². The first-order valence-corrected chi connectivity index (χ1v) is 7.09. The predicted molar refractivity (Wildman–Crippen MR) is 73.6 cm³/mol. The highest BCUT2D eigenvalue weighted by Crippen LogP contribution is 2.17. The topological polar surface area (TPSA) is 50.1 Å². The van der Waals surface area contributed by atoms with Crippen molar-refractivity contribution in [2.45, 2.75) is 33.0 Å². The minimum absolute atomic E-state index is 0.129. The van der Waals surface area contributed by atoms with Gasteiger partial charge in [-0.25, -0.2) is 0 Å². The maximum absolute atomic E-state index is 8.81. The third-order valence-corrected chi connectivity index (χ3v) is 3.81. The molecule has 2 aromatic rings.